The lowest BCUT2D eigenvalue weighted by Gasteiger charge is -2.08. The Morgan fingerprint density at radius 2 is 2.21 bits per heavy atom. The summed E-state index contributed by atoms with van der Waals surface area (Å²) in [5, 5.41) is 4.59. The summed E-state index contributed by atoms with van der Waals surface area (Å²) in [5.74, 6) is 0.826. The quantitative estimate of drug-likeness (QED) is 0.638. The number of nitrogens with zero attached hydrogens (tertiary/aromatic N) is 3. The van der Waals surface area contributed by atoms with E-state index in [0.717, 1.165) is 5.69 Å². The highest BCUT2D eigenvalue weighted by Crippen LogP contribution is 2.20. The van der Waals surface area contributed by atoms with E-state index >= 15 is 0 Å². The summed E-state index contributed by atoms with van der Waals surface area (Å²) in [6.45, 7) is 5.75. The molecule has 0 N–H and O–H groups in total. The molecule has 0 atom stereocenters. The van der Waals surface area contributed by atoms with Gasteiger partial charge in [0.2, 0.25) is 5.88 Å². The van der Waals surface area contributed by atoms with Crippen LogP contribution in [-0.4, -0.2) is 27.2 Å². The van der Waals surface area contributed by atoms with Gasteiger partial charge in [-0.25, -0.2) is 9.67 Å². The van der Waals surface area contributed by atoms with Crippen LogP contribution >= 0.6 is 11.6 Å². The number of hydrogen-bond acceptors (Lipinski definition) is 4. The lowest BCUT2D eigenvalue weighted by atomic mass is 10.2. The number of pyridine rings is 1. The van der Waals surface area contributed by atoms with Crippen LogP contribution in [0.2, 0.25) is 5.15 Å². The molecule has 0 aliphatic carbocycles. The van der Waals surface area contributed by atoms with E-state index in [1.165, 1.54) is 6.92 Å². The number of carbonyl (C=O) groups excluding carboxylic acids is 1. The van der Waals surface area contributed by atoms with Crippen LogP contribution in [-0.2, 0) is 0 Å². The van der Waals surface area contributed by atoms with Crippen LogP contribution in [0, 0.1) is 6.92 Å². The minimum Gasteiger partial charge on any atom is -0.477 e. The summed E-state index contributed by atoms with van der Waals surface area (Å²) in [7, 11) is 0. The molecule has 2 aromatic heterocycles. The minimum atomic E-state index is -0.0907. The van der Waals surface area contributed by atoms with E-state index in [-0.39, 0.29) is 5.78 Å². The molecular formula is C13H14ClN3O2. The van der Waals surface area contributed by atoms with Gasteiger partial charge in [0.1, 0.15) is 5.15 Å². The van der Waals surface area contributed by atoms with Gasteiger partial charge in [-0.2, -0.15) is 0 Å². The summed E-state index contributed by atoms with van der Waals surface area (Å²) in [6, 6.07) is 5.02. The molecule has 2 rings (SSSR count). The third kappa shape index (κ3) is 2.76. The number of hydrogen-bond donors (Lipinski definition) is 0. The highest BCUT2D eigenvalue weighted by molar-refractivity contribution is 6.29. The van der Waals surface area contributed by atoms with E-state index in [1.54, 1.807) is 22.9 Å². The third-order valence-corrected chi connectivity index (χ3v) is 2.79. The Morgan fingerprint density at radius 3 is 2.84 bits per heavy atom. The highest BCUT2D eigenvalue weighted by Gasteiger charge is 2.15. The minimum absolute atomic E-state index is 0.0907. The average Bonchev–Trinajstić information content (AvgIpc) is 2.70. The van der Waals surface area contributed by atoms with Crippen molar-refractivity contribution >= 4 is 17.4 Å². The Hall–Kier alpha value is -1.88. The molecule has 0 fully saturated rings. The molecule has 6 heteroatoms. The third-order valence-electron chi connectivity index (χ3n) is 2.58. The van der Waals surface area contributed by atoms with Crippen molar-refractivity contribution in [3.63, 3.8) is 0 Å². The molecule has 0 aromatic carbocycles. The van der Waals surface area contributed by atoms with Crippen molar-refractivity contribution in [1.82, 2.24) is 14.8 Å². The molecule has 0 aliphatic heterocycles. The van der Waals surface area contributed by atoms with E-state index in [9.17, 15) is 4.79 Å². The number of halogens is 1. The van der Waals surface area contributed by atoms with Gasteiger partial charge < -0.3 is 4.74 Å². The fraction of sp³-hybridized carbons (Fsp3) is 0.308. The lowest BCUT2D eigenvalue weighted by Crippen LogP contribution is -2.09. The number of aromatic nitrogens is 3. The molecule has 0 amide bonds. The SMILES string of the molecule is CCOc1cc(C)n(-c2nc(Cl)ccc2C(C)=O)n1. The molecule has 0 unspecified atom stereocenters. The zero-order chi connectivity index (χ0) is 14.0. The first-order valence-electron chi connectivity index (χ1n) is 5.90. The molecule has 100 valence electrons. The van der Waals surface area contributed by atoms with Gasteiger partial charge in [0.05, 0.1) is 12.2 Å². The van der Waals surface area contributed by atoms with E-state index in [4.69, 9.17) is 16.3 Å². The first-order chi connectivity index (χ1) is 9.02. The van der Waals surface area contributed by atoms with E-state index in [1.807, 2.05) is 13.8 Å². The van der Waals surface area contributed by atoms with Crippen LogP contribution in [0.5, 0.6) is 5.88 Å². The summed E-state index contributed by atoms with van der Waals surface area (Å²) >= 11 is 5.90. The maximum atomic E-state index is 11.6. The van der Waals surface area contributed by atoms with Crippen LogP contribution in [0.15, 0.2) is 18.2 Å². The van der Waals surface area contributed by atoms with Gasteiger partial charge >= 0.3 is 0 Å². The monoisotopic (exact) mass is 279 g/mol. The summed E-state index contributed by atoms with van der Waals surface area (Å²) in [5.41, 5.74) is 1.29. The Bertz CT molecular complexity index is 622. The smallest absolute Gasteiger partial charge is 0.233 e. The fourth-order valence-corrected chi connectivity index (χ4v) is 1.88. The molecule has 0 radical (unpaired) electrons. The van der Waals surface area contributed by atoms with Gasteiger partial charge in [0.15, 0.2) is 11.6 Å². The van der Waals surface area contributed by atoms with Crippen molar-refractivity contribution in [1.29, 1.82) is 0 Å². The van der Waals surface area contributed by atoms with Gasteiger partial charge in [-0.05, 0) is 32.9 Å². The van der Waals surface area contributed by atoms with Crippen molar-refractivity contribution < 1.29 is 9.53 Å². The molecule has 0 saturated heterocycles. The van der Waals surface area contributed by atoms with Gasteiger partial charge in [-0.1, -0.05) is 11.6 Å². The largest absolute Gasteiger partial charge is 0.477 e. The standard InChI is InChI=1S/C13H14ClN3O2/c1-4-19-12-7-8(2)17(16-12)13-10(9(3)18)5-6-11(14)15-13/h5-7H,4H2,1-3H3. The average molecular weight is 280 g/mol. The molecule has 0 bridgehead atoms. The van der Waals surface area contributed by atoms with Crippen molar-refractivity contribution in [2.75, 3.05) is 6.61 Å². The maximum Gasteiger partial charge on any atom is 0.233 e. The Kier molecular flexibility index (Phi) is 3.85. The Balaban J connectivity index is 2.57. The maximum absolute atomic E-state index is 11.6. The van der Waals surface area contributed by atoms with Crippen molar-refractivity contribution in [2.24, 2.45) is 0 Å². The van der Waals surface area contributed by atoms with Crippen molar-refractivity contribution in [3.05, 3.63) is 34.6 Å². The fourth-order valence-electron chi connectivity index (χ4n) is 1.74. The lowest BCUT2D eigenvalue weighted by molar-refractivity contribution is 0.101. The topological polar surface area (TPSA) is 57.0 Å². The molecule has 5 nitrogen and oxygen atoms in total. The number of aryl methyl sites for hydroxylation is 1. The second kappa shape index (κ2) is 5.40. The number of Topliss-reactive ketones (excluding diaryl/α,β-unsaturated/α-hetero) is 1. The number of ether oxygens (including phenoxy) is 1. The van der Waals surface area contributed by atoms with Crippen LogP contribution < -0.4 is 4.74 Å². The number of carbonyl (C=O) groups is 1. The zero-order valence-electron chi connectivity index (χ0n) is 11.0. The van der Waals surface area contributed by atoms with Crippen molar-refractivity contribution in [2.45, 2.75) is 20.8 Å². The normalized spacial score (nSPS) is 10.5. The summed E-state index contributed by atoms with van der Waals surface area (Å²) < 4.78 is 6.90. The zero-order valence-corrected chi connectivity index (χ0v) is 11.7. The second-order valence-corrected chi connectivity index (χ2v) is 4.42. The molecule has 2 heterocycles. The van der Waals surface area contributed by atoms with Gasteiger partial charge in [-0.3, -0.25) is 4.79 Å². The highest BCUT2D eigenvalue weighted by atomic mass is 35.5. The van der Waals surface area contributed by atoms with E-state index in [0.29, 0.717) is 29.0 Å². The van der Waals surface area contributed by atoms with Gasteiger partial charge in [-0.15, -0.1) is 5.10 Å². The predicted octanol–water partition coefficient (Wildman–Crippen LogP) is 2.83. The van der Waals surface area contributed by atoms with E-state index in [2.05, 4.69) is 10.1 Å². The van der Waals surface area contributed by atoms with Gasteiger partial charge in [0.25, 0.3) is 0 Å². The predicted molar refractivity (Wildman–Crippen MR) is 72.3 cm³/mol. The molecular weight excluding hydrogens is 266 g/mol. The molecule has 0 aliphatic rings. The van der Waals surface area contributed by atoms with Crippen LogP contribution in [0.3, 0.4) is 0 Å². The van der Waals surface area contributed by atoms with Crippen LogP contribution in [0.4, 0.5) is 0 Å². The van der Waals surface area contributed by atoms with E-state index < -0.39 is 0 Å². The molecule has 0 saturated carbocycles. The first-order valence-corrected chi connectivity index (χ1v) is 6.28. The number of rotatable bonds is 4. The summed E-state index contributed by atoms with van der Waals surface area (Å²) in [6.07, 6.45) is 0. The van der Waals surface area contributed by atoms with Crippen molar-refractivity contribution in [3.8, 4) is 11.7 Å². The second-order valence-electron chi connectivity index (χ2n) is 4.03. The number of ketones is 1. The van der Waals surface area contributed by atoms with Gasteiger partial charge in [0, 0.05) is 11.8 Å². The molecule has 2 aromatic rings. The molecule has 0 spiro atoms. The molecule has 19 heavy (non-hydrogen) atoms. The first kappa shape index (κ1) is 13.5. The summed E-state index contributed by atoms with van der Waals surface area (Å²) in [4.78, 5) is 15.8. The van der Waals surface area contributed by atoms with Crippen LogP contribution in [0.25, 0.3) is 5.82 Å². The Morgan fingerprint density at radius 1 is 1.47 bits per heavy atom. The van der Waals surface area contributed by atoms with Crippen LogP contribution in [0.1, 0.15) is 29.9 Å². The Labute approximate surface area is 116 Å².